The Balaban J connectivity index is 2.68. The minimum atomic E-state index is -0.672. The summed E-state index contributed by atoms with van der Waals surface area (Å²) in [4.78, 5) is 3.51. The first-order valence-electron chi connectivity index (χ1n) is 4.45. The number of halogens is 5. The van der Waals surface area contributed by atoms with Crippen LogP contribution in [0.5, 0.6) is 0 Å². The molecule has 0 spiro atoms. The van der Waals surface area contributed by atoms with Gasteiger partial charge in [0, 0.05) is 17.3 Å². The Morgan fingerprint density at radius 1 is 0.824 bits per heavy atom. The highest BCUT2D eigenvalue weighted by Gasteiger charge is 2.13. The first-order valence-corrected chi connectivity index (χ1v) is 5.96. The van der Waals surface area contributed by atoms with Crippen molar-refractivity contribution in [3.63, 3.8) is 0 Å². The molecule has 0 fully saturated rings. The van der Waals surface area contributed by atoms with E-state index in [0.29, 0.717) is 15.6 Å². The van der Waals surface area contributed by atoms with Gasteiger partial charge in [0.2, 0.25) is 5.95 Å². The van der Waals surface area contributed by atoms with E-state index in [-0.39, 0.29) is 15.6 Å². The smallest absolute Gasteiger partial charge is 0.220 e. The molecule has 1 aromatic heterocycles. The molecular formula is C11H4Cl4FN. The molecule has 0 N–H and O–H groups in total. The van der Waals surface area contributed by atoms with Crippen LogP contribution in [0.15, 0.2) is 24.4 Å². The van der Waals surface area contributed by atoms with Gasteiger partial charge in [0.05, 0.1) is 20.1 Å². The zero-order valence-electron chi connectivity index (χ0n) is 8.15. The predicted molar refractivity (Wildman–Crippen MR) is 69.7 cm³/mol. The zero-order valence-corrected chi connectivity index (χ0v) is 11.2. The van der Waals surface area contributed by atoms with Gasteiger partial charge >= 0.3 is 0 Å². The minimum absolute atomic E-state index is 0.182. The molecule has 88 valence electrons. The summed E-state index contributed by atoms with van der Waals surface area (Å²) in [5, 5.41) is 1.17. The Hall–Kier alpha value is -0.540. The number of benzene rings is 1. The average molecular weight is 311 g/mol. The van der Waals surface area contributed by atoms with Crippen molar-refractivity contribution in [2.45, 2.75) is 0 Å². The molecule has 1 aromatic carbocycles. The molecule has 0 atom stereocenters. The highest BCUT2D eigenvalue weighted by molar-refractivity contribution is 6.44. The largest absolute Gasteiger partial charge is 0.226 e. The standard InChI is InChI=1S/C11H4Cl4FN/c12-5-1-7(11(16)17-4-5)6-2-9(14)10(15)3-8(6)13/h1-4H. The molecular weight excluding hydrogens is 307 g/mol. The Morgan fingerprint density at radius 2 is 1.47 bits per heavy atom. The number of hydrogen-bond acceptors (Lipinski definition) is 1. The van der Waals surface area contributed by atoms with Crippen LogP contribution in [0, 0.1) is 5.95 Å². The molecule has 0 amide bonds. The van der Waals surface area contributed by atoms with Gasteiger partial charge in [-0.3, -0.25) is 0 Å². The summed E-state index contributed by atoms with van der Waals surface area (Å²) in [6, 6.07) is 4.35. The second-order valence-electron chi connectivity index (χ2n) is 3.24. The summed E-state index contributed by atoms with van der Waals surface area (Å²) in [7, 11) is 0. The topological polar surface area (TPSA) is 12.9 Å². The van der Waals surface area contributed by atoms with Crippen molar-refractivity contribution in [3.05, 3.63) is 50.4 Å². The van der Waals surface area contributed by atoms with Gasteiger partial charge in [-0.15, -0.1) is 0 Å². The molecule has 2 aromatic rings. The van der Waals surface area contributed by atoms with E-state index in [1.165, 1.54) is 24.4 Å². The van der Waals surface area contributed by atoms with Crippen LogP contribution in [0.3, 0.4) is 0 Å². The van der Waals surface area contributed by atoms with Crippen LogP contribution in [0.4, 0.5) is 4.39 Å². The second-order valence-corrected chi connectivity index (χ2v) is 4.90. The maximum Gasteiger partial charge on any atom is 0.220 e. The molecule has 6 heteroatoms. The van der Waals surface area contributed by atoms with Crippen molar-refractivity contribution in [2.24, 2.45) is 0 Å². The molecule has 0 aliphatic heterocycles. The van der Waals surface area contributed by atoms with Crippen LogP contribution >= 0.6 is 46.4 Å². The Bertz CT molecular complexity index is 586. The summed E-state index contributed by atoms with van der Waals surface area (Å²) in [5.74, 6) is -0.672. The molecule has 0 radical (unpaired) electrons. The van der Waals surface area contributed by atoms with E-state index < -0.39 is 5.95 Å². The second kappa shape index (κ2) is 4.99. The fraction of sp³-hybridized carbons (Fsp3) is 0. The maximum atomic E-state index is 13.6. The van der Waals surface area contributed by atoms with E-state index in [2.05, 4.69) is 4.98 Å². The maximum absolute atomic E-state index is 13.6. The van der Waals surface area contributed by atoms with Crippen LogP contribution in [0.2, 0.25) is 20.1 Å². The van der Waals surface area contributed by atoms with Crippen molar-refractivity contribution in [2.75, 3.05) is 0 Å². The van der Waals surface area contributed by atoms with Crippen LogP contribution in [-0.4, -0.2) is 4.98 Å². The number of pyridine rings is 1. The Morgan fingerprint density at radius 3 is 2.18 bits per heavy atom. The normalized spacial score (nSPS) is 10.6. The van der Waals surface area contributed by atoms with Crippen molar-refractivity contribution in [1.82, 2.24) is 4.98 Å². The molecule has 0 saturated heterocycles. The Kier molecular flexibility index (Phi) is 3.79. The first-order chi connectivity index (χ1) is 7.99. The van der Waals surface area contributed by atoms with Crippen LogP contribution in [-0.2, 0) is 0 Å². The fourth-order valence-electron chi connectivity index (χ4n) is 1.34. The molecule has 0 bridgehead atoms. The van der Waals surface area contributed by atoms with Crippen molar-refractivity contribution in [3.8, 4) is 11.1 Å². The van der Waals surface area contributed by atoms with Crippen LogP contribution < -0.4 is 0 Å². The van der Waals surface area contributed by atoms with Gasteiger partial charge in [0.1, 0.15) is 0 Å². The molecule has 17 heavy (non-hydrogen) atoms. The lowest BCUT2D eigenvalue weighted by molar-refractivity contribution is 0.587. The van der Waals surface area contributed by atoms with Gasteiger partial charge in [0.25, 0.3) is 0 Å². The van der Waals surface area contributed by atoms with E-state index >= 15 is 0 Å². The highest BCUT2D eigenvalue weighted by Crippen LogP contribution is 2.36. The zero-order chi connectivity index (χ0) is 12.6. The molecule has 0 aliphatic carbocycles. The summed E-state index contributed by atoms with van der Waals surface area (Å²) < 4.78 is 13.6. The average Bonchev–Trinajstić information content (AvgIpc) is 2.27. The van der Waals surface area contributed by atoms with E-state index in [4.69, 9.17) is 46.4 Å². The lowest BCUT2D eigenvalue weighted by Crippen LogP contribution is -1.90. The minimum Gasteiger partial charge on any atom is -0.226 e. The van der Waals surface area contributed by atoms with E-state index in [0.717, 1.165) is 0 Å². The lowest BCUT2D eigenvalue weighted by atomic mass is 10.1. The van der Waals surface area contributed by atoms with E-state index in [1.54, 1.807) is 0 Å². The highest BCUT2D eigenvalue weighted by atomic mass is 35.5. The van der Waals surface area contributed by atoms with Crippen LogP contribution in [0.25, 0.3) is 11.1 Å². The van der Waals surface area contributed by atoms with Gasteiger partial charge in [-0.25, -0.2) is 4.98 Å². The van der Waals surface area contributed by atoms with Crippen molar-refractivity contribution < 1.29 is 4.39 Å². The molecule has 2 rings (SSSR count). The summed E-state index contributed by atoms with van der Waals surface area (Å²) in [6.07, 6.45) is 1.21. The van der Waals surface area contributed by atoms with E-state index in [9.17, 15) is 4.39 Å². The number of nitrogens with zero attached hydrogens (tertiary/aromatic N) is 1. The summed E-state index contributed by atoms with van der Waals surface area (Å²) in [5.41, 5.74) is 0.578. The van der Waals surface area contributed by atoms with Gasteiger partial charge in [-0.2, -0.15) is 4.39 Å². The third-order valence-corrected chi connectivity index (χ3v) is 3.35. The molecule has 0 saturated carbocycles. The predicted octanol–water partition coefficient (Wildman–Crippen LogP) is 5.50. The third kappa shape index (κ3) is 2.66. The number of aromatic nitrogens is 1. The van der Waals surface area contributed by atoms with Gasteiger partial charge in [-0.1, -0.05) is 46.4 Å². The monoisotopic (exact) mass is 309 g/mol. The molecule has 0 aliphatic rings. The summed E-state index contributed by atoms with van der Waals surface area (Å²) >= 11 is 23.4. The van der Waals surface area contributed by atoms with Crippen molar-refractivity contribution >= 4 is 46.4 Å². The van der Waals surface area contributed by atoms with Gasteiger partial charge in [-0.05, 0) is 18.2 Å². The summed E-state index contributed by atoms with van der Waals surface area (Å²) in [6.45, 7) is 0. The fourth-order valence-corrected chi connectivity index (χ4v) is 2.15. The van der Waals surface area contributed by atoms with Crippen molar-refractivity contribution in [1.29, 1.82) is 0 Å². The number of hydrogen-bond donors (Lipinski definition) is 0. The Labute approximate surface area is 117 Å². The molecule has 1 heterocycles. The van der Waals surface area contributed by atoms with Gasteiger partial charge in [0.15, 0.2) is 0 Å². The first kappa shape index (κ1) is 12.9. The molecule has 1 nitrogen and oxygen atoms in total. The lowest BCUT2D eigenvalue weighted by Gasteiger charge is -2.07. The quantitative estimate of drug-likeness (QED) is 0.500. The SMILES string of the molecule is Fc1ncc(Cl)cc1-c1cc(Cl)c(Cl)cc1Cl. The van der Waals surface area contributed by atoms with E-state index in [1.807, 2.05) is 0 Å². The van der Waals surface area contributed by atoms with Gasteiger partial charge < -0.3 is 0 Å². The van der Waals surface area contributed by atoms with Crippen LogP contribution in [0.1, 0.15) is 0 Å². The molecule has 0 unspecified atom stereocenters. The third-order valence-electron chi connectivity index (χ3n) is 2.11. The number of rotatable bonds is 1.